The minimum absolute atomic E-state index is 0.235. The zero-order chi connectivity index (χ0) is 17.6. The maximum absolute atomic E-state index is 12.0. The molecule has 0 bridgehead atoms. The first-order valence-corrected chi connectivity index (χ1v) is 8.93. The van der Waals surface area contributed by atoms with Crippen LogP contribution < -0.4 is 4.74 Å². The van der Waals surface area contributed by atoms with Gasteiger partial charge < -0.3 is 14.7 Å². The first kappa shape index (κ1) is 17.7. The first-order valence-electron chi connectivity index (χ1n) is 8.93. The third kappa shape index (κ3) is 5.18. The van der Waals surface area contributed by atoms with Crippen LogP contribution in [0.15, 0.2) is 24.3 Å². The van der Waals surface area contributed by atoms with Crippen LogP contribution in [0.2, 0.25) is 0 Å². The Hall–Kier alpha value is -2.10. The molecule has 2 fully saturated rings. The van der Waals surface area contributed by atoms with Gasteiger partial charge in [0.15, 0.2) is 0 Å². The summed E-state index contributed by atoms with van der Waals surface area (Å²) in [5.41, 5.74) is 0.953. The summed E-state index contributed by atoms with van der Waals surface area (Å²) in [6, 6.07) is 9.47. The number of amides is 1. The number of ether oxygens (including phenoxy) is 1. The lowest BCUT2D eigenvalue weighted by atomic mass is 10.2. The smallest absolute Gasteiger partial charge is 0.225 e. The molecule has 1 atom stereocenters. The molecule has 1 N–H and O–H groups in total. The molecule has 1 aliphatic heterocycles. The van der Waals surface area contributed by atoms with Crippen LogP contribution in [0.3, 0.4) is 0 Å². The second-order valence-corrected chi connectivity index (χ2v) is 6.84. The van der Waals surface area contributed by atoms with Gasteiger partial charge >= 0.3 is 0 Å². The fourth-order valence-electron chi connectivity index (χ4n) is 3.08. The molecule has 134 valence electrons. The summed E-state index contributed by atoms with van der Waals surface area (Å²) < 4.78 is 5.62. The Kier molecular flexibility index (Phi) is 5.90. The van der Waals surface area contributed by atoms with Crippen molar-refractivity contribution >= 4 is 5.91 Å². The number of hydrogen-bond acceptors (Lipinski definition) is 5. The van der Waals surface area contributed by atoms with Crippen LogP contribution in [0.4, 0.5) is 0 Å². The second kappa shape index (κ2) is 8.32. The van der Waals surface area contributed by atoms with E-state index in [0.29, 0.717) is 24.6 Å². The van der Waals surface area contributed by atoms with Gasteiger partial charge in [0.05, 0.1) is 12.5 Å². The molecule has 0 aromatic heterocycles. The molecule has 1 amide bonds. The van der Waals surface area contributed by atoms with Crippen LogP contribution in [-0.4, -0.2) is 66.2 Å². The number of rotatable bonds is 7. The summed E-state index contributed by atoms with van der Waals surface area (Å²) in [5, 5.41) is 18.8. The minimum Gasteiger partial charge on any atom is -0.491 e. The van der Waals surface area contributed by atoms with Crippen LogP contribution in [0, 0.1) is 17.2 Å². The predicted molar refractivity (Wildman–Crippen MR) is 93.0 cm³/mol. The van der Waals surface area contributed by atoms with Crippen molar-refractivity contribution in [2.45, 2.75) is 25.4 Å². The van der Waals surface area contributed by atoms with Crippen molar-refractivity contribution in [2.24, 2.45) is 5.92 Å². The molecule has 0 spiro atoms. The maximum atomic E-state index is 12.0. The molecule has 1 aliphatic carbocycles. The van der Waals surface area contributed by atoms with Crippen molar-refractivity contribution in [3.05, 3.63) is 29.8 Å². The van der Waals surface area contributed by atoms with E-state index in [4.69, 9.17) is 10.00 Å². The van der Waals surface area contributed by atoms with E-state index in [1.54, 1.807) is 0 Å². The van der Waals surface area contributed by atoms with Gasteiger partial charge in [0, 0.05) is 38.6 Å². The molecule has 1 aromatic carbocycles. The fraction of sp³-hybridized carbons (Fsp3) is 0.579. The fourth-order valence-corrected chi connectivity index (χ4v) is 3.08. The topological polar surface area (TPSA) is 76.8 Å². The van der Waals surface area contributed by atoms with Crippen LogP contribution in [-0.2, 0) is 11.2 Å². The van der Waals surface area contributed by atoms with Gasteiger partial charge in [-0.05, 0) is 30.5 Å². The number of β-amino-alcohol motifs (C(OH)–C–C–N with tert-alkyl or cyclic N) is 1. The number of nitriles is 1. The molecule has 6 heteroatoms. The highest BCUT2D eigenvalue weighted by Crippen LogP contribution is 2.31. The van der Waals surface area contributed by atoms with E-state index in [9.17, 15) is 9.90 Å². The summed E-state index contributed by atoms with van der Waals surface area (Å²) in [7, 11) is 0. The molecule has 1 saturated heterocycles. The lowest BCUT2D eigenvalue weighted by Gasteiger charge is -2.35. The molecule has 2 aliphatic rings. The van der Waals surface area contributed by atoms with Crippen molar-refractivity contribution in [1.82, 2.24) is 9.80 Å². The van der Waals surface area contributed by atoms with Crippen LogP contribution in [0.5, 0.6) is 5.75 Å². The van der Waals surface area contributed by atoms with Gasteiger partial charge in [-0.25, -0.2) is 0 Å². The summed E-state index contributed by atoms with van der Waals surface area (Å²) >= 11 is 0. The molecule has 1 aromatic rings. The maximum Gasteiger partial charge on any atom is 0.225 e. The van der Waals surface area contributed by atoms with Gasteiger partial charge in [-0.3, -0.25) is 9.69 Å². The third-order valence-corrected chi connectivity index (χ3v) is 4.73. The number of aliphatic hydroxyl groups excluding tert-OH is 1. The van der Waals surface area contributed by atoms with E-state index in [0.717, 1.165) is 44.6 Å². The Bertz CT molecular complexity index is 614. The monoisotopic (exact) mass is 343 g/mol. The van der Waals surface area contributed by atoms with E-state index in [2.05, 4.69) is 11.0 Å². The summed E-state index contributed by atoms with van der Waals surface area (Å²) in [6.45, 7) is 3.90. The molecule has 25 heavy (non-hydrogen) atoms. The molecular weight excluding hydrogens is 318 g/mol. The molecule has 3 rings (SSSR count). The largest absolute Gasteiger partial charge is 0.491 e. The summed E-state index contributed by atoms with van der Waals surface area (Å²) in [6.07, 6.45) is 1.92. The number of nitrogens with zero attached hydrogens (tertiary/aromatic N) is 3. The predicted octanol–water partition coefficient (Wildman–Crippen LogP) is 1.05. The Labute approximate surface area is 148 Å². The summed E-state index contributed by atoms with van der Waals surface area (Å²) in [5.74, 6) is 1.29. The molecule has 0 radical (unpaired) electrons. The van der Waals surface area contributed by atoms with Crippen LogP contribution >= 0.6 is 0 Å². The van der Waals surface area contributed by atoms with E-state index in [-0.39, 0.29) is 12.5 Å². The second-order valence-electron chi connectivity index (χ2n) is 6.84. The number of piperazine rings is 1. The normalized spacial score (nSPS) is 19.3. The number of hydrogen-bond donors (Lipinski definition) is 1. The van der Waals surface area contributed by atoms with Crippen LogP contribution in [0.25, 0.3) is 0 Å². The van der Waals surface area contributed by atoms with Crippen molar-refractivity contribution < 1.29 is 14.6 Å². The van der Waals surface area contributed by atoms with E-state index >= 15 is 0 Å². The van der Waals surface area contributed by atoms with E-state index in [1.807, 2.05) is 29.2 Å². The summed E-state index contributed by atoms with van der Waals surface area (Å²) in [4.78, 5) is 16.2. The lowest BCUT2D eigenvalue weighted by Crippen LogP contribution is -2.51. The van der Waals surface area contributed by atoms with Gasteiger partial charge in [0.1, 0.15) is 18.5 Å². The van der Waals surface area contributed by atoms with Crippen molar-refractivity contribution in [1.29, 1.82) is 5.26 Å². The quantitative estimate of drug-likeness (QED) is 0.801. The number of carbonyl (C=O) groups excluding carboxylic acids is 1. The minimum atomic E-state index is -0.565. The standard InChI is InChI=1S/C19H25N3O3/c20-8-7-15-1-5-18(6-2-15)25-14-17(23)13-21-9-11-22(12-10-21)19(24)16-3-4-16/h1-2,5-6,16-17,23H,3-4,7,9-14H2/t17-/m0/s1. The average Bonchev–Trinajstić information content (AvgIpc) is 3.47. The number of aliphatic hydroxyl groups is 1. The molecule has 1 saturated carbocycles. The Morgan fingerprint density at radius 2 is 1.92 bits per heavy atom. The van der Waals surface area contributed by atoms with Gasteiger partial charge in [0.25, 0.3) is 0 Å². The SMILES string of the molecule is N#CCc1ccc(OC[C@@H](O)CN2CCN(C(=O)C3CC3)CC2)cc1. The first-order chi connectivity index (χ1) is 12.2. The van der Waals surface area contributed by atoms with Gasteiger partial charge in [-0.1, -0.05) is 12.1 Å². The van der Waals surface area contributed by atoms with Crippen molar-refractivity contribution in [3.8, 4) is 11.8 Å². The van der Waals surface area contributed by atoms with E-state index < -0.39 is 6.10 Å². The Balaban J connectivity index is 1.36. The highest BCUT2D eigenvalue weighted by atomic mass is 16.5. The average molecular weight is 343 g/mol. The third-order valence-electron chi connectivity index (χ3n) is 4.73. The highest BCUT2D eigenvalue weighted by molar-refractivity contribution is 5.81. The van der Waals surface area contributed by atoms with Gasteiger partial charge in [0.2, 0.25) is 5.91 Å². The number of benzene rings is 1. The molecular formula is C19H25N3O3. The highest BCUT2D eigenvalue weighted by Gasteiger charge is 2.34. The van der Waals surface area contributed by atoms with Gasteiger partial charge in [-0.2, -0.15) is 5.26 Å². The van der Waals surface area contributed by atoms with Gasteiger partial charge in [-0.15, -0.1) is 0 Å². The van der Waals surface area contributed by atoms with E-state index in [1.165, 1.54) is 0 Å². The van der Waals surface area contributed by atoms with Crippen molar-refractivity contribution in [2.75, 3.05) is 39.3 Å². The van der Waals surface area contributed by atoms with Crippen LogP contribution in [0.1, 0.15) is 18.4 Å². The zero-order valence-electron chi connectivity index (χ0n) is 14.4. The molecule has 1 heterocycles. The molecule has 0 unspecified atom stereocenters. The zero-order valence-corrected chi connectivity index (χ0v) is 14.4. The molecule has 6 nitrogen and oxygen atoms in total. The number of carbonyl (C=O) groups is 1. The lowest BCUT2D eigenvalue weighted by molar-refractivity contribution is -0.134. The Morgan fingerprint density at radius 1 is 1.24 bits per heavy atom. The van der Waals surface area contributed by atoms with Crippen molar-refractivity contribution in [3.63, 3.8) is 0 Å². The Morgan fingerprint density at radius 3 is 2.52 bits per heavy atom.